The van der Waals surface area contributed by atoms with E-state index in [0.717, 1.165) is 16.9 Å². The van der Waals surface area contributed by atoms with Gasteiger partial charge in [-0.05, 0) is 70.9 Å². The molecule has 1 saturated heterocycles. The molecule has 2 amide bonds. The molecule has 1 aromatic heterocycles. The Balaban J connectivity index is 1.44. The molecule has 228 valence electrons. The third kappa shape index (κ3) is 5.50. The number of aryl methyl sites for hydroxylation is 1. The molecule has 3 aromatic rings. The number of hydrogen-bond acceptors (Lipinski definition) is 6. The topological polar surface area (TPSA) is 86.6 Å². The summed E-state index contributed by atoms with van der Waals surface area (Å²) >= 11 is 0. The lowest BCUT2D eigenvalue weighted by molar-refractivity contribution is -0.119. The standard InChI is InChI=1S/C32H39F2N7O2/c1-19-6-9-25(10-7-19)41-29(36-28(37-41)31(43)39-17-20(2)35-21(3)18-39)23-8-11-26-27(16-23)40(22(4)30(42)38(26)5)24-12-14-32(33,34)15-13-24/h6-11,16,20-22,24,35H,12-15,17-18H2,1-5H3/t20-,21+,22?. The number of carbonyl (C=O) groups excluding carboxylic acids is 2. The number of anilines is 2. The fourth-order valence-electron chi connectivity index (χ4n) is 6.79. The first kappa shape index (κ1) is 29.2. The van der Waals surface area contributed by atoms with Gasteiger partial charge in [0.05, 0.1) is 17.1 Å². The molecule has 6 rings (SSSR count). The Morgan fingerprint density at radius 2 is 1.63 bits per heavy atom. The van der Waals surface area contributed by atoms with Crippen LogP contribution in [0.3, 0.4) is 0 Å². The third-order valence-corrected chi connectivity index (χ3v) is 8.98. The van der Waals surface area contributed by atoms with Crippen molar-refractivity contribution in [1.82, 2.24) is 25.0 Å². The second kappa shape index (κ2) is 11.0. The summed E-state index contributed by atoms with van der Waals surface area (Å²) in [6.45, 7) is 9.06. The van der Waals surface area contributed by atoms with Gasteiger partial charge in [-0.1, -0.05) is 17.7 Å². The maximum absolute atomic E-state index is 14.1. The molecule has 2 aliphatic heterocycles. The van der Waals surface area contributed by atoms with E-state index in [4.69, 9.17) is 10.1 Å². The number of hydrogen-bond donors (Lipinski definition) is 1. The minimum atomic E-state index is -2.67. The van der Waals surface area contributed by atoms with Crippen LogP contribution in [0.5, 0.6) is 0 Å². The van der Waals surface area contributed by atoms with Crippen molar-refractivity contribution in [2.24, 2.45) is 0 Å². The summed E-state index contributed by atoms with van der Waals surface area (Å²) in [6.07, 6.45) is 0.211. The van der Waals surface area contributed by atoms with Gasteiger partial charge in [0.2, 0.25) is 17.7 Å². The quantitative estimate of drug-likeness (QED) is 0.469. The summed E-state index contributed by atoms with van der Waals surface area (Å²) < 4.78 is 29.9. The molecule has 0 bridgehead atoms. The fourth-order valence-corrected chi connectivity index (χ4v) is 6.79. The maximum Gasteiger partial charge on any atom is 0.293 e. The predicted molar refractivity (Wildman–Crippen MR) is 162 cm³/mol. The molecule has 11 heteroatoms. The van der Waals surface area contributed by atoms with Crippen LogP contribution in [-0.4, -0.2) is 81.7 Å². The van der Waals surface area contributed by atoms with Crippen molar-refractivity contribution >= 4 is 23.2 Å². The van der Waals surface area contributed by atoms with Crippen molar-refractivity contribution < 1.29 is 18.4 Å². The van der Waals surface area contributed by atoms with Crippen LogP contribution in [0, 0.1) is 6.92 Å². The zero-order chi connectivity index (χ0) is 30.6. The van der Waals surface area contributed by atoms with Crippen molar-refractivity contribution in [3.63, 3.8) is 0 Å². The van der Waals surface area contributed by atoms with E-state index >= 15 is 0 Å². The Bertz CT molecular complexity index is 1520. The van der Waals surface area contributed by atoms with Crippen molar-refractivity contribution in [2.75, 3.05) is 29.9 Å². The third-order valence-electron chi connectivity index (χ3n) is 8.98. The molecule has 0 radical (unpaired) electrons. The Morgan fingerprint density at radius 3 is 2.28 bits per heavy atom. The van der Waals surface area contributed by atoms with Crippen LogP contribution in [0.1, 0.15) is 62.6 Å². The smallest absolute Gasteiger partial charge is 0.293 e. The molecule has 1 unspecified atom stereocenters. The van der Waals surface area contributed by atoms with Crippen LogP contribution >= 0.6 is 0 Å². The van der Waals surface area contributed by atoms with Crippen LogP contribution in [0.25, 0.3) is 17.1 Å². The SMILES string of the molecule is Cc1ccc(-n2nc(C(=O)N3C[C@@H](C)N[C@@H](C)C3)nc2-c2ccc3c(c2)N(C2CCC(F)(F)CC2)C(C)C(=O)N3C)cc1. The fraction of sp³-hybridized carbons (Fsp3) is 0.500. The van der Waals surface area contributed by atoms with Gasteiger partial charge in [-0.3, -0.25) is 9.59 Å². The average Bonchev–Trinajstić information content (AvgIpc) is 3.41. The number of rotatable bonds is 4. The maximum atomic E-state index is 14.1. The van der Waals surface area contributed by atoms with E-state index in [0.29, 0.717) is 43.0 Å². The van der Waals surface area contributed by atoms with Gasteiger partial charge in [-0.15, -0.1) is 5.10 Å². The summed E-state index contributed by atoms with van der Waals surface area (Å²) in [5.74, 6) is -2.37. The zero-order valence-corrected chi connectivity index (χ0v) is 25.3. The minimum absolute atomic E-state index is 0.0761. The number of alkyl halides is 2. The molecule has 2 aromatic carbocycles. The average molecular weight is 592 g/mol. The van der Waals surface area contributed by atoms with Gasteiger partial charge < -0.3 is 20.0 Å². The highest BCUT2D eigenvalue weighted by Gasteiger charge is 2.43. The van der Waals surface area contributed by atoms with Crippen molar-refractivity contribution in [3.05, 3.63) is 53.9 Å². The molecule has 9 nitrogen and oxygen atoms in total. The number of nitrogens with zero attached hydrogens (tertiary/aromatic N) is 6. The first-order chi connectivity index (χ1) is 20.4. The van der Waals surface area contributed by atoms with Gasteiger partial charge in [0.1, 0.15) is 6.04 Å². The van der Waals surface area contributed by atoms with Crippen LogP contribution in [0.2, 0.25) is 0 Å². The Labute approximate surface area is 250 Å². The first-order valence-corrected chi connectivity index (χ1v) is 15.1. The van der Waals surface area contributed by atoms with Crippen LogP contribution in [-0.2, 0) is 4.79 Å². The largest absolute Gasteiger partial charge is 0.355 e. The monoisotopic (exact) mass is 591 g/mol. The number of amides is 2. The number of carbonyl (C=O) groups is 2. The van der Waals surface area contributed by atoms with Gasteiger partial charge in [0.15, 0.2) is 5.82 Å². The van der Waals surface area contributed by atoms with Crippen molar-refractivity contribution in [1.29, 1.82) is 0 Å². The molecule has 3 heterocycles. The number of fused-ring (bicyclic) bond motifs is 1. The number of aromatic nitrogens is 3. The Morgan fingerprint density at radius 1 is 0.977 bits per heavy atom. The summed E-state index contributed by atoms with van der Waals surface area (Å²) in [6, 6.07) is 13.2. The lowest BCUT2D eigenvalue weighted by Gasteiger charge is -2.46. The van der Waals surface area contributed by atoms with E-state index in [1.165, 1.54) is 0 Å². The summed E-state index contributed by atoms with van der Waals surface area (Å²) in [5.41, 5.74) is 4.08. The minimum Gasteiger partial charge on any atom is -0.355 e. The molecule has 43 heavy (non-hydrogen) atoms. The molecular weight excluding hydrogens is 552 g/mol. The lowest BCUT2D eigenvalue weighted by atomic mass is 9.89. The summed E-state index contributed by atoms with van der Waals surface area (Å²) in [4.78, 5) is 37.2. The van der Waals surface area contributed by atoms with E-state index in [1.54, 1.807) is 21.5 Å². The summed E-state index contributed by atoms with van der Waals surface area (Å²) in [5, 5.41) is 8.17. The highest BCUT2D eigenvalue weighted by atomic mass is 19.3. The van der Waals surface area contributed by atoms with Gasteiger partial charge in [0, 0.05) is 56.7 Å². The number of piperazine rings is 1. The summed E-state index contributed by atoms with van der Waals surface area (Å²) in [7, 11) is 1.74. The molecule has 2 fully saturated rings. The van der Waals surface area contributed by atoms with E-state index in [1.807, 2.05) is 61.2 Å². The molecule has 0 spiro atoms. The van der Waals surface area contributed by atoms with E-state index < -0.39 is 12.0 Å². The van der Waals surface area contributed by atoms with Crippen LogP contribution in [0.15, 0.2) is 42.5 Å². The number of halogens is 2. The highest BCUT2D eigenvalue weighted by Crippen LogP contribution is 2.44. The molecular formula is C32H39F2N7O2. The lowest BCUT2D eigenvalue weighted by Crippen LogP contribution is -2.56. The number of benzene rings is 2. The van der Waals surface area contributed by atoms with Gasteiger partial charge in [0.25, 0.3) is 5.91 Å². The van der Waals surface area contributed by atoms with Crippen molar-refractivity contribution in [3.8, 4) is 17.1 Å². The number of likely N-dealkylation sites (N-methyl/N-ethyl adjacent to an activating group) is 1. The first-order valence-electron chi connectivity index (χ1n) is 15.1. The molecule has 1 aliphatic carbocycles. The normalized spacial score (nSPS) is 24.3. The second-order valence-electron chi connectivity index (χ2n) is 12.5. The predicted octanol–water partition coefficient (Wildman–Crippen LogP) is 4.81. The van der Waals surface area contributed by atoms with E-state index in [2.05, 4.69) is 19.2 Å². The Hall–Kier alpha value is -3.86. The molecule has 1 N–H and O–H groups in total. The van der Waals surface area contributed by atoms with Crippen LogP contribution in [0.4, 0.5) is 20.2 Å². The second-order valence-corrected chi connectivity index (χ2v) is 12.5. The van der Waals surface area contributed by atoms with Gasteiger partial charge >= 0.3 is 0 Å². The van der Waals surface area contributed by atoms with Gasteiger partial charge in [-0.2, -0.15) is 0 Å². The number of nitrogens with one attached hydrogen (secondary N) is 1. The van der Waals surface area contributed by atoms with Gasteiger partial charge in [-0.25, -0.2) is 18.4 Å². The molecule has 1 saturated carbocycles. The zero-order valence-electron chi connectivity index (χ0n) is 25.3. The van der Waals surface area contributed by atoms with Crippen LogP contribution < -0.4 is 15.1 Å². The van der Waals surface area contributed by atoms with E-state index in [-0.39, 0.29) is 48.6 Å². The Kier molecular flexibility index (Phi) is 7.48. The van der Waals surface area contributed by atoms with E-state index in [9.17, 15) is 18.4 Å². The highest BCUT2D eigenvalue weighted by molar-refractivity contribution is 6.05. The van der Waals surface area contributed by atoms with Crippen molar-refractivity contribution in [2.45, 2.75) is 83.5 Å². The molecule has 3 atom stereocenters. The molecule has 3 aliphatic rings.